The lowest BCUT2D eigenvalue weighted by Gasteiger charge is -2.11. The molecule has 0 aliphatic rings. The van der Waals surface area contributed by atoms with Gasteiger partial charge in [0.2, 0.25) is 0 Å². The zero-order valence-electron chi connectivity index (χ0n) is 17.3. The zero-order valence-corrected chi connectivity index (χ0v) is 17.3. The van der Waals surface area contributed by atoms with E-state index in [1.165, 1.54) is 34.7 Å². The molecule has 3 rings (SSSR count). The summed E-state index contributed by atoms with van der Waals surface area (Å²) in [5.74, 6) is 0. The monoisotopic (exact) mass is 391 g/mol. The fourth-order valence-corrected chi connectivity index (χ4v) is 3.73. The maximum Gasteiger partial charge on any atom is 0.0506 e. The van der Waals surface area contributed by atoms with Crippen LogP contribution in [0.25, 0.3) is 10.8 Å². The highest BCUT2D eigenvalue weighted by molar-refractivity contribution is 5.85. The van der Waals surface area contributed by atoms with Gasteiger partial charge in [0.1, 0.15) is 0 Å². The van der Waals surface area contributed by atoms with E-state index in [0.717, 1.165) is 44.7 Å². The summed E-state index contributed by atoms with van der Waals surface area (Å²) in [5, 5.41) is 15.3. The first-order valence-corrected chi connectivity index (χ1v) is 10.9. The van der Waals surface area contributed by atoms with Gasteiger partial charge in [-0.2, -0.15) is 0 Å². The smallest absolute Gasteiger partial charge is 0.0506 e. The Morgan fingerprint density at radius 1 is 0.690 bits per heavy atom. The lowest BCUT2D eigenvalue weighted by Crippen LogP contribution is -2.05. The van der Waals surface area contributed by atoms with Crippen molar-refractivity contribution in [2.45, 2.75) is 38.5 Å². The molecular formula is C26H33NO2. The maximum absolute atomic E-state index is 9.15. The molecule has 0 heterocycles. The predicted molar refractivity (Wildman–Crippen MR) is 123 cm³/mol. The van der Waals surface area contributed by atoms with E-state index >= 15 is 0 Å². The second-order valence-corrected chi connectivity index (χ2v) is 7.47. The Kier molecular flexibility index (Phi) is 9.02. The van der Waals surface area contributed by atoms with Crippen LogP contribution in [0.5, 0.6) is 0 Å². The van der Waals surface area contributed by atoms with Gasteiger partial charge in [0.25, 0.3) is 0 Å². The van der Waals surface area contributed by atoms with E-state index in [-0.39, 0.29) is 6.61 Å². The Balaban J connectivity index is 1.24. The van der Waals surface area contributed by atoms with Gasteiger partial charge in [-0.15, -0.1) is 0 Å². The molecular weight excluding hydrogens is 358 g/mol. The molecule has 0 aliphatic heterocycles. The van der Waals surface area contributed by atoms with Crippen molar-refractivity contribution in [1.29, 1.82) is 0 Å². The number of rotatable bonds is 13. The number of anilines is 1. The summed E-state index contributed by atoms with van der Waals surface area (Å²) in [5.41, 5.74) is 3.71. The first-order chi connectivity index (χ1) is 14.4. The summed E-state index contributed by atoms with van der Waals surface area (Å²) in [7, 11) is 0. The summed E-state index contributed by atoms with van der Waals surface area (Å²) in [6, 6.07) is 23.3. The molecule has 3 aromatic rings. The Labute approximate surface area is 174 Å². The summed E-state index contributed by atoms with van der Waals surface area (Å²) < 4.78 is 5.87. The number of aliphatic hydroxyl groups is 1. The number of nitrogens with one attached hydrogen (secondary N) is 1. The topological polar surface area (TPSA) is 41.5 Å². The minimum absolute atomic E-state index is 0.194. The van der Waals surface area contributed by atoms with Crippen molar-refractivity contribution in [3.05, 3.63) is 77.9 Å². The van der Waals surface area contributed by atoms with Crippen LogP contribution in [0.1, 0.15) is 36.8 Å². The fourth-order valence-electron chi connectivity index (χ4n) is 3.73. The van der Waals surface area contributed by atoms with Gasteiger partial charge in [-0.05, 0) is 53.6 Å². The molecule has 0 bridgehead atoms. The lowest BCUT2D eigenvalue weighted by atomic mass is 10.0. The molecule has 0 saturated heterocycles. The van der Waals surface area contributed by atoms with Gasteiger partial charge >= 0.3 is 0 Å². The van der Waals surface area contributed by atoms with Gasteiger partial charge in [0.05, 0.1) is 6.61 Å². The highest BCUT2D eigenvalue weighted by Gasteiger charge is 2.01. The van der Waals surface area contributed by atoms with Crippen LogP contribution in [-0.4, -0.2) is 31.5 Å². The molecule has 0 aliphatic carbocycles. The molecule has 0 radical (unpaired) electrons. The van der Waals surface area contributed by atoms with Crippen LogP contribution >= 0.6 is 0 Å². The summed E-state index contributed by atoms with van der Waals surface area (Å²) in [4.78, 5) is 0. The quantitative estimate of drug-likeness (QED) is 0.372. The summed E-state index contributed by atoms with van der Waals surface area (Å²) >= 11 is 0. The van der Waals surface area contributed by atoms with Crippen molar-refractivity contribution >= 4 is 16.5 Å². The molecule has 0 atom stereocenters. The normalized spacial score (nSPS) is 11.1. The first kappa shape index (κ1) is 21.4. The van der Waals surface area contributed by atoms with E-state index < -0.39 is 0 Å². The molecule has 0 aromatic heterocycles. The number of hydrogen-bond donors (Lipinski definition) is 2. The number of para-hydroxylation sites is 1. The Bertz CT molecular complexity index is 857. The molecule has 3 nitrogen and oxygen atoms in total. The second kappa shape index (κ2) is 12.3. The van der Waals surface area contributed by atoms with Gasteiger partial charge in [0, 0.05) is 25.4 Å². The Morgan fingerprint density at radius 3 is 2.38 bits per heavy atom. The van der Waals surface area contributed by atoms with E-state index in [1.54, 1.807) is 0 Å². The third-order valence-corrected chi connectivity index (χ3v) is 5.33. The van der Waals surface area contributed by atoms with E-state index in [4.69, 9.17) is 9.84 Å². The highest BCUT2D eigenvalue weighted by atomic mass is 16.5. The van der Waals surface area contributed by atoms with Crippen LogP contribution in [0, 0.1) is 0 Å². The third-order valence-electron chi connectivity index (χ3n) is 5.33. The molecule has 0 amide bonds. The van der Waals surface area contributed by atoms with Crippen molar-refractivity contribution in [3.63, 3.8) is 0 Å². The van der Waals surface area contributed by atoms with Gasteiger partial charge in [0.15, 0.2) is 0 Å². The van der Waals surface area contributed by atoms with Gasteiger partial charge in [-0.1, -0.05) is 73.5 Å². The third kappa shape index (κ3) is 6.88. The van der Waals surface area contributed by atoms with Crippen molar-refractivity contribution in [2.24, 2.45) is 0 Å². The van der Waals surface area contributed by atoms with Crippen LogP contribution in [0.4, 0.5) is 5.69 Å². The van der Waals surface area contributed by atoms with Gasteiger partial charge in [-0.25, -0.2) is 0 Å². The first-order valence-electron chi connectivity index (χ1n) is 10.9. The number of fused-ring (bicyclic) bond motifs is 1. The number of unbranched alkanes of at least 4 members (excludes halogenated alkanes) is 3. The standard InChI is InChI=1S/C26H33NO2/c28-19-16-24-11-4-6-15-26(24)27-18-7-1-2-8-20-29-21-17-23-13-9-12-22-10-3-5-14-25(22)23/h3-6,9-15,27-28H,1-2,7-8,16-21H2. The van der Waals surface area contributed by atoms with Crippen molar-refractivity contribution < 1.29 is 9.84 Å². The fraction of sp³-hybridized carbons (Fsp3) is 0.385. The van der Waals surface area contributed by atoms with E-state index in [2.05, 4.69) is 59.9 Å². The highest BCUT2D eigenvalue weighted by Crippen LogP contribution is 2.19. The minimum Gasteiger partial charge on any atom is -0.396 e. The molecule has 0 spiro atoms. The maximum atomic E-state index is 9.15. The lowest BCUT2D eigenvalue weighted by molar-refractivity contribution is 0.133. The molecule has 3 aromatic carbocycles. The van der Waals surface area contributed by atoms with E-state index in [1.807, 2.05) is 12.1 Å². The zero-order chi connectivity index (χ0) is 20.2. The minimum atomic E-state index is 0.194. The van der Waals surface area contributed by atoms with E-state index in [9.17, 15) is 0 Å². The van der Waals surface area contributed by atoms with Crippen LogP contribution in [-0.2, 0) is 17.6 Å². The number of aliphatic hydroxyl groups excluding tert-OH is 1. The molecule has 29 heavy (non-hydrogen) atoms. The average molecular weight is 392 g/mol. The van der Waals surface area contributed by atoms with Crippen LogP contribution in [0.15, 0.2) is 66.7 Å². The summed E-state index contributed by atoms with van der Waals surface area (Å²) in [6.45, 7) is 2.80. The van der Waals surface area contributed by atoms with Crippen LogP contribution in [0.3, 0.4) is 0 Å². The van der Waals surface area contributed by atoms with Gasteiger partial charge in [-0.3, -0.25) is 0 Å². The Morgan fingerprint density at radius 2 is 1.45 bits per heavy atom. The molecule has 0 saturated carbocycles. The molecule has 154 valence electrons. The largest absolute Gasteiger partial charge is 0.396 e. The molecule has 0 fully saturated rings. The second-order valence-electron chi connectivity index (χ2n) is 7.47. The van der Waals surface area contributed by atoms with Crippen LogP contribution < -0.4 is 5.32 Å². The van der Waals surface area contributed by atoms with Crippen molar-refractivity contribution in [3.8, 4) is 0 Å². The van der Waals surface area contributed by atoms with Crippen molar-refractivity contribution in [2.75, 3.05) is 31.7 Å². The van der Waals surface area contributed by atoms with Crippen LogP contribution in [0.2, 0.25) is 0 Å². The molecule has 0 unspecified atom stereocenters. The van der Waals surface area contributed by atoms with Crippen molar-refractivity contribution in [1.82, 2.24) is 0 Å². The number of hydrogen-bond acceptors (Lipinski definition) is 3. The van der Waals surface area contributed by atoms with Gasteiger partial charge < -0.3 is 15.2 Å². The summed E-state index contributed by atoms with van der Waals surface area (Å²) in [6.07, 6.45) is 6.37. The SMILES string of the molecule is OCCc1ccccc1NCCCCCCOCCc1cccc2ccccc12. The predicted octanol–water partition coefficient (Wildman–Crippen LogP) is 5.61. The van der Waals surface area contributed by atoms with E-state index in [0.29, 0.717) is 6.42 Å². The number of ether oxygens (including phenoxy) is 1. The Hall–Kier alpha value is -2.36. The molecule has 2 N–H and O–H groups in total. The average Bonchev–Trinajstić information content (AvgIpc) is 2.76. The molecule has 3 heteroatoms. The number of benzene rings is 3.